The zero-order chi connectivity index (χ0) is 32.1. The van der Waals surface area contributed by atoms with Crippen LogP contribution in [0.15, 0.2) is 79.9 Å². The van der Waals surface area contributed by atoms with Gasteiger partial charge in [-0.3, -0.25) is 9.59 Å². The highest BCUT2D eigenvalue weighted by molar-refractivity contribution is 9.10. The number of anilines is 1. The summed E-state index contributed by atoms with van der Waals surface area (Å²) >= 11 is 7.18. The van der Waals surface area contributed by atoms with Crippen LogP contribution in [0.2, 0.25) is 0 Å². The van der Waals surface area contributed by atoms with E-state index in [1.54, 1.807) is 13.8 Å². The molecule has 5 rings (SSSR count). The minimum absolute atomic E-state index is 0.0453. The fourth-order valence-corrected chi connectivity index (χ4v) is 7.14. The van der Waals surface area contributed by atoms with Gasteiger partial charge >= 0.3 is 11.9 Å². The number of Topliss-reactive ketones (excluding diaryl/α,β-unsaturated/α-hetero) is 1. The molecule has 44 heavy (non-hydrogen) atoms. The normalized spacial score (nSPS) is 19.8. The van der Waals surface area contributed by atoms with Crippen molar-refractivity contribution in [3.05, 3.63) is 91.0 Å². The molecule has 0 radical (unpaired) electrons. The Morgan fingerprint density at radius 3 is 2.14 bits per heavy atom. The lowest BCUT2D eigenvalue weighted by molar-refractivity contribution is -0.428. The first-order valence-electron chi connectivity index (χ1n) is 14.8. The number of allylic oxidation sites excluding steroid dienone is 6. The van der Waals surface area contributed by atoms with Gasteiger partial charge < -0.3 is 14.4 Å². The smallest absolute Gasteiger partial charge is 0.372 e. The molecule has 0 amide bonds. The van der Waals surface area contributed by atoms with Crippen LogP contribution in [0, 0.1) is 0 Å². The highest BCUT2D eigenvalue weighted by atomic mass is 79.9. The van der Waals surface area contributed by atoms with Crippen LogP contribution in [0.4, 0.5) is 11.4 Å². The average Bonchev–Trinajstić information content (AvgIpc) is 3.28. The molecule has 0 unspecified atom stereocenters. The Hall–Kier alpha value is -3.30. The third-order valence-electron chi connectivity index (χ3n) is 8.75. The van der Waals surface area contributed by atoms with E-state index >= 15 is 0 Å². The van der Waals surface area contributed by atoms with Crippen LogP contribution in [0.3, 0.4) is 0 Å². The van der Waals surface area contributed by atoms with Crippen LogP contribution in [0.5, 0.6) is 0 Å². The molecule has 2 aromatic rings. The number of rotatable bonds is 8. The molecule has 0 spiro atoms. The van der Waals surface area contributed by atoms with E-state index in [1.807, 2.05) is 52.8 Å². The first kappa shape index (κ1) is 32.1. The highest BCUT2D eigenvalue weighted by Gasteiger charge is 2.47. The van der Waals surface area contributed by atoms with Gasteiger partial charge in [-0.15, -0.1) is 0 Å². The number of fused-ring (bicyclic) bond motifs is 2. The minimum Gasteiger partial charge on any atom is -0.465 e. The Bertz CT molecular complexity index is 1730. The number of esters is 2. The zero-order valence-corrected chi connectivity index (χ0v) is 29.3. The van der Waals surface area contributed by atoms with E-state index < -0.39 is 10.8 Å². The first-order chi connectivity index (χ1) is 20.7. The van der Waals surface area contributed by atoms with Crippen molar-refractivity contribution in [1.29, 1.82) is 0 Å². The highest BCUT2D eigenvalue weighted by Crippen LogP contribution is 2.50. The van der Waals surface area contributed by atoms with Gasteiger partial charge in [-0.1, -0.05) is 45.7 Å². The Labute approximate surface area is 275 Å². The van der Waals surface area contributed by atoms with Crippen LogP contribution in [-0.4, -0.2) is 54.3 Å². The van der Waals surface area contributed by atoms with Crippen molar-refractivity contribution in [2.75, 3.05) is 31.2 Å². The van der Waals surface area contributed by atoms with Gasteiger partial charge in [0.1, 0.15) is 6.54 Å². The van der Waals surface area contributed by atoms with Gasteiger partial charge in [0, 0.05) is 54.6 Å². The number of halogens is 2. The summed E-state index contributed by atoms with van der Waals surface area (Å²) in [5.74, 6) is -0.733. The van der Waals surface area contributed by atoms with E-state index in [-0.39, 0.29) is 30.8 Å². The average molecular weight is 725 g/mol. The summed E-state index contributed by atoms with van der Waals surface area (Å²) in [4.78, 5) is 41.2. The van der Waals surface area contributed by atoms with E-state index in [0.29, 0.717) is 24.4 Å². The quantitative estimate of drug-likeness (QED) is 0.163. The van der Waals surface area contributed by atoms with Crippen LogP contribution in [-0.2, 0) is 34.7 Å². The summed E-state index contributed by atoms with van der Waals surface area (Å²) in [6.45, 7) is 14.6. The molecule has 9 heteroatoms. The SMILES string of the molecule is CCOC(=O)CN1C(=CC2=C(C)C(=CC3=[N+](CC(=O)OCC)c4ccc(Br)cc4C3(C)C)C2=O)C(C)(C)c2cc(Br)ccc21. The van der Waals surface area contributed by atoms with E-state index in [9.17, 15) is 14.4 Å². The molecule has 3 aliphatic rings. The maximum absolute atomic E-state index is 13.9. The van der Waals surface area contributed by atoms with Crippen molar-refractivity contribution in [3.63, 3.8) is 0 Å². The summed E-state index contributed by atoms with van der Waals surface area (Å²) in [7, 11) is 0. The third-order valence-corrected chi connectivity index (χ3v) is 9.74. The fraction of sp³-hybridized carbons (Fsp3) is 0.371. The summed E-state index contributed by atoms with van der Waals surface area (Å²) in [5.41, 5.74) is 6.81. The molecule has 0 atom stereocenters. The molecule has 2 heterocycles. The van der Waals surface area contributed by atoms with E-state index in [2.05, 4.69) is 71.7 Å². The second-order valence-corrected chi connectivity index (χ2v) is 14.0. The van der Waals surface area contributed by atoms with E-state index in [1.165, 1.54) is 0 Å². The van der Waals surface area contributed by atoms with Crippen molar-refractivity contribution in [1.82, 2.24) is 0 Å². The monoisotopic (exact) mass is 723 g/mol. The molecule has 7 nitrogen and oxygen atoms in total. The van der Waals surface area contributed by atoms with Gasteiger partial charge in [0.05, 0.1) is 18.6 Å². The third kappa shape index (κ3) is 5.42. The van der Waals surface area contributed by atoms with Crippen molar-refractivity contribution < 1.29 is 28.4 Å². The van der Waals surface area contributed by atoms with E-state index in [0.717, 1.165) is 48.4 Å². The van der Waals surface area contributed by atoms with Crippen LogP contribution >= 0.6 is 31.9 Å². The van der Waals surface area contributed by atoms with Gasteiger partial charge in [0.15, 0.2) is 11.5 Å². The van der Waals surface area contributed by atoms with Crippen LogP contribution in [0.1, 0.15) is 59.6 Å². The summed E-state index contributed by atoms with van der Waals surface area (Å²) in [6, 6.07) is 12.0. The molecule has 0 N–H and O–H groups in total. The van der Waals surface area contributed by atoms with Crippen molar-refractivity contribution in [2.24, 2.45) is 0 Å². The molecule has 0 saturated carbocycles. The largest absolute Gasteiger partial charge is 0.465 e. The molecule has 0 aromatic heterocycles. The standard InChI is InChI=1S/C35H37Br2N2O5/c1-8-43-31(40)18-38-27-12-10-21(36)14-25(27)34(4,5)29(38)16-23-20(3)24(33(23)42)17-30-35(6,7)26-15-22(37)11-13-28(26)39(30)19-32(41)44-9-2/h10-17H,8-9,18-19H2,1-7H3/q+1. The Kier molecular flexibility index (Phi) is 8.68. The van der Waals surface area contributed by atoms with Gasteiger partial charge in [-0.25, -0.2) is 4.79 Å². The van der Waals surface area contributed by atoms with Crippen molar-refractivity contribution >= 4 is 66.7 Å². The summed E-state index contributed by atoms with van der Waals surface area (Å²) in [5, 5.41) is 0. The van der Waals surface area contributed by atoms with Crippen LogP contribution in [0.25, 0.3) is 0 Å². The fourth-order valence-electron chi connectivity index (χ4n) is 6.42. The first-order valence-corrected chi connectivity index (χ1v) is 16.3. The molecular weight excluding hydrogens is 688 g/mol. The maximum Gasteiger partial charge on any atom is 0.372 e. The zero-order valence-electron chi connectivity index (χ0n) is 26.1. The maximum atomic E-state index is 13.9. The predicted molar refractivity (Wildman–Crippen MR) is 179 cm³/mol. The number of nitrogens with zero attached hydrogens (tertiary/aromatic N) is 2. The number of ether oxygens (including phenoxy) is 2. The Morgan fingerprint density at radius 2 is 1.50 bits per heavy atom. The summed E-state index contributed by atoms with van der Waals surface area (Å²) in [6.07, 6.45) is 3.85. The van der Waals surface area contributed by atoms with Crippen molar-refractivity contribution in [3.8, 4) is 0 Å². The minimum atomic E-state index is -0.466. The number of hydrogen-bond acceptors (Lipinski definition) is 6. The number of benzene rings is 2. The van der Waals surface area contributed by atoms with E-state index in [4.69, 9.17) is 9.47 Å². The van der Waals surface area contributed by atoms with Crippen molar-refractivity contribution in [2.45, 2.75) is 59.3 Å². The molecular formula is C35H37Br2N2O5+. The molecule has 1 aliphatic carbocycles. The lowest BCUT2D eigenvalue weighted by Crippen LogP contribution is -2.34. The number of ketones is 1. The van der Waals surface area contributed by atoms with Gasteiger partial charge in [-0.2, -0.15) is 4.58 Å². The number of carbonyl (C=O) groups is 3. The topological polar surface area (TPSA) is 75.9 Å². The summed E-state index contributed by atoms with van der Waals surface area (Å²) < 4.78 is 14.4. The molecule has 0 saturated heterocycles. The Morgan fingerprint density at radius 1 is 0.886 bits per heavy atom. The molecule has 2 aromatic carbocycles. The van der Waals surface area contributed by atoms with Crippen LogP contribution < -0.4 is 4.90 Å². The second kappa shape index (κ2) is 11.9. The van der Waals surface area contributed by atoms with Gasteiger partial charge in [0.25, 0.3) is 0 Å². The van der Waals surface area contributed by atoms with Gasteiger partial charge in [-0.05, 0) is 82.2 Å². The predicted octanol–water partition coefficient (Wildman–Crippen LogP) is 7.22. The molecule has 230 valence electrons. The lowest BCUT2D eigenvalue weighted by atomic mass is 9.75. The molecule has 0 fully saturated rings. The Balaban J connectivity index is 1.60. The number of carbonyl (C=O) groups excluding carboxylic acids is 3. The lowest BCUT2D eigenvalue weighted by Gasteiger charge is -2.29. The van der Waals surface area contributed by atoms with Gasteiger partial charge in [0.2, 0.25) is 12.2 Å². The number of hydrogen-bond donors (Lipinski definition) is 0. The molecule has 0 bridgehead atoms. The second-order valence-electron chi connectivity index (χ2n) is 12.2. The molecule has 2 aliphatic heterocycles.